The van der Waals surface area contributed by atoms with Crippen LogP contribution in [0.5, 0.6) is 11.5 Å². The Morgan fingerprint density at radius 3 is 2.50 bits per heavy atom. The van der Waals surface area contributed by atoms with Crippen molar-refractivity contribution >= 4 is 27.8 Å². The van der Waals surface area contributed by atoms with E-state index < -0.39 is 20.9 Å². The maximum atomic E-state index is 12.7. The molecule has 0 bridgehead atoms. The number of rotatable bonds is 8. The molecular weight excluding hydrogens is 468 g/mol. The molecule has 2 heterocycles. The zero-order chi connectivity index (χ0) is 24.1. The summed E-state index contributed by atoms with van der Waals surface area (Å²) >= 11 is 0. The molecule has 1 amide bonds. The third-order valence-electron chi connectivity index (χ3n) is 5.28. The zero-order valence-electron chi connectivity index (χ0n) is 18.0. The second-order valence-electron chi connectivity index (χ2n) is 7.47. The number of benzene rings is 2. The summed E-state index contributed by atoms with van der Waals surface area (Å²) in [5, 5.41) is 15.1. The summed E-state index contributed by atoms with van der Waals surface area (Å²) in [5.74, 6) is 0.235. The number of ether oxygens (including phenoxy) is 3. The Morgan fingerprint density at radius 1 is 1.15 bits per heavy atom. The first-order valence-corrected chi connectivity index (χ1v) is 11.9. The van der Waals surface area contributed by atoms with Gasteiger partial charge in [0.25, 0.3) is 5.69 Å². The van der Waals surface area contributed by atoms with Gasteiger partial charge >= 0.3 is 0 Å². The lowest BCUT2D eigenvalue weighted by atomic mass is 10.1. The number of aryl methyl sites for hydroxylation is 1. The average Bonchev–Trinajstić information content (AvgIpc) is 3.30. The molecule has 0 spiro atoms. The summed E-state index contributed by atoms with van der Waals surface area (Å²) in [6.45, 7) is 1.36. The summed E-state index contributed by atoms with van der Waals surface area (Å²) in [7, 11) is -3.57. The number of morpholine rings is 1. The van der Waals surface area contributed by atoms with Crippen molar-refractivity contribution in [2.24, 2.45) is 5.10 Å². The summed E-state index contributed by atoms with van der Waals surface area (Å²) in [6, 6.07) is 9.04. The van der Waals surface area contributed by atoms with Gasteiger partial charge in [0.2, 0.25) is 22.7 Å². The highest BCUT2D eigenvalue weighted by molar-refractivity contribution is 7.89. The SMILES string of the molecule is O=C(CCc1ccc(S(=O)(=O)N2CCOCC2)cc1)N/N=C/c1cc2c(cc1[N+](=O)[O-])OCO2. The Balaban J connectivity index is 1.31. The largest absolute Gasteiger partial charge is 0.454 e. The number of amides is 1. The number of nitro groups is 1. The normalized spacial score (nSPS) is 16.0. The van der Waals surface area contributed by atoms with Crippen LogP contribution in [0.1, 0.15) is 17.5 Å². The summed E-state index contributed by atoms with van der Waals surface area (Å²) in [6.07, 6.45) is 1.63. The van der Waals surface area contributed by atoms with Crippen LogP contribution >= 0.6 is 0 Å². The van der Waals surface area contributed by atoms with E-state index in [1.807, 2.05) is 0 Å². The number of fused-ring (bicyclic) bond motifs is 1. The van der Waals surface area contributed by atoms with Crippen LogP contribution in [-0.4, -0.2) is 62.9 Å². The van der Waals surface area contributed by atoms with Crippen LogP contribution in [-0.2, 0) is 26.0 Å². The van der Waals surface area contributed by atoms with Gasteiger partial charge in [-0.25, -0.2) is 13.8 Å². The van der Waals surface area contributed by atoms with E-state index in [9.17, 15) is 23.3 Å². The molecule has 13 heteroatoms. The molecule has 2 aliphatic rings. The van der Waals surface area contributed by atoms with Crippen LogP contribution in [0.3, 0.4) is 0 Å². The molecule has 0 aliphatic carbocycles. The zero-order valence-corrected chi connectivity index (χ0v) is 18.8. The van der Waals surface area contributed by atoms with Crippen molar-refractivity contribution in [2.45, 2.75) is 17.7 Å². The van der Waals surface area contributed by atoms with Crippen molar-refractivity contribution in [2.75, 3.05) is 33.1 Å². The summed E-state index contributed by atoms with van der Waals surface area (Å²) in [5.41, 5.74) is 3.05. The molecule has 34 heavy (non-hydrogen) atoms. The number of nitrogens with one attached hydrogen (secondary N) is 1. The van der Waals surface area contributed by atoms with Crippen molar-refractivity contribution in [3.8, 4) is 11.5 Å². The van der Waals surface area contributed by atoms with E-state index >= 15 is 0 Å². The molecule has 2 aromatic carbocycles. The minimum atomic E-state index is -3.57. The second-order valence-corrected chi connectivity index (χ2v) is 9.41. The van der Waals surface area contributed by atoms with Crippen LogP contribution in [0.2, 0.25) is 0 Å². The van der Waals surface area contributed by atoms with Crippen LogP contribution in [0, 0.1) is 10.1 Å². The van der Waals surface area contributed by atoms with Crippen molar-refractivity contribution < 1.29 is 32.3 Å². The Labute approximate surface area is 195 Å². The topological polar surface area (TPSA) is 150 Å². The van der Waals surface area contributed by atoms with Crippen LogP contribution < -0.4 is 14.9 Å². The number of carbonyl (C=O) groups excluding carboxylic acids is 1. The Morgan fingerprint density at radius 2 is 1.82 bits per heavy atom. The molecule has 2 aromatic rings. The molecule has 1 N–H and O–H groups in total. The number of hydrazone groups is 1. The van der Waals surface area contributed by atoms with Gasteiger partial charge in [-0.3, -0.25) is 14.9 Å². The van der Waals surface area contributed by atoms with E-state index in [2.05, 4.69) is 10.5 Å². The van der Waals surface area contributed by atoms with Gasteiger partial charge in [-0.2, -0.15) is 9.41 Å². The molecule has 1 saturated heterocycles. The predicted molar refractivity (Wildman–Crippen MR) is 119 cm³/mol. The summed E-state index contributed by atoms with van der Waals surface area (Å²) in [4.78, 5) is 23.0. The lowest BCUT2D eigenvalue weighted by molar-refractivity contribution is -0.385. The molecule has 180 valence electrons. The quantitative estimate of drug-likeness (QED) is 0.332. The van der Waals surface area contributed by atoms with Crippen LogP contribution in [0.15, 0.2) is 46.4 Å². The Bertz CT molecular complexity index is 1210. The molecule has 0 aromatic heterocycles. The minimum absolute atomic E-state index is 0.0239. The minimum Gasteiger partial charge on any atom is -0.454 e. The van der Waals surface area contributed by atoms with E-state index in [4.69, 9.17) is 14.2 Å². The fraction of sp³-hybridized carbons (Fsp3) is 0.333. The van der Waals surface area contributed by atoms with Crippen molar-refractivity contribution in [3.05, 3.63) is 57.6 Å². The van der Waals surface area contributed by atoms with Crippen molar-refractivity contribution in [3.63, 3.8) is 0 Å². The van der Waals surface area contributed by atoms with Crippen LogP contribution in [0.25, 0.3) is 0 Å². The fourth-order valence-electron chi connectivity index (χ4n) is 3.46. The first-order valence-electron chi connectivity index (χ1n) is 10.4. The van der Waals surface area contributed by atoms with Gasteiger partial charge in [-0.1, -0.05) is 12.1 Å². The third kappa shape index (κ3) is 5.32. The molecule has 1 fully saturated rings. The number of carbonyl (C=O) groups is 1. The number of sulfonamides is 1. The van der Waals surface area contributed by atoms with Gasteiger partial charge in [0.15, 0.2) is 11.5 Å². The molecule has 2 aliphatic heterocycles. The molecule has 0 radical (unpaired) electrons. The van der Waals surface area contributed by atoms with E-state index in [-0.39, 0.29) is 35.1 Å². The molecule has 0 unspecified atom stereocenters. The molecular formula is C21H22N4O8S. The highest BCUT2D eigenvalue weighted by atomic mass is 32.2. The number of nitro benzene ring substituents is 1. The standard InChI is InChI=1S/C21H22N4O8S/c26-21(23-22-13-16-11-19-20(33-14-32-19)12-18(16)25(27)28)6-3-15-1-4-17(5-2-15)34(29,30)24-7-9-31-10-8-24/h1-2,4-5,11-13H,3,6-10,14H2,(H,23,26)/b22-13+. The predicted octanol–water partition coefficient (Wildman–Crippen LogP) is 1.43. The van der Waals surface area contributed by atoms with Crippen LogP contribution in [0.4, 0.5) is 5.69 Å². The molecule has 12 nitrogen and oxygen atoms in total. The molecule has 0 saturated carbocycles. The smallest absolute Gasteiger partial charge is 0.282 e. The highest BCUT2D eigenvalue weighted by Gasteiger charge is 2.26. The summed E-state index contributed by atoms with van der Waals surface area (Å²) < 4.78 is 42.3. The first-order chi connectivity index (χ1) is 16.3. The number of nitrogens with zero attached hydrogens (tertiary/aromatic N) is 3. The molecule has 4 rings (SSSR count). The second kappa shape index (κ2) is 10.2. The average molecular weight is 490 g/mol. The van der Waals surface area contributed by atoms with Gasteiger partial charge in [-0.15, -0.1) is 0 Å². The van der Waals surface area contributed by atoms with Gasteiger partial charge in [0.1, 0.15) is 0 Å². The maximum Gasteiger partial charge on any atom is 0.282 e. The number of hydrogen-bond donors (Lipinski definition) is 1. The lowest BCUT2D eigenvalue weighted by Crippen LogP contribution is -2.40. The maximum absolute atomic E-state index is 12.7. The Kier molecular flexibility index (Phi) is 7.05. The fourth-order valence-corrected chi connectivity index (χ4v) is 4.87. The van der Waals surface area contributed by atoms with Crippen molar-refractivity contribution in [1.29, 1.82) is 0 Å². The van der Waals surface area contributed by atoms with E-state index in [1.165, 1.54) is 34.8 Å². The van der Waals surface area contributed by atoms with Gasteiger partial charge in [0, 0.05) is 19.5 Å². The molecule has 0 atom stereocenters. The lowest BCUT2D eigenvalue weighted by Gasteiger charge is -2.26. The Hall–Kier alpha value is -3.55. The monoisotopic (exact) mass is 490 g/mol. The van der Waals surface area contributed by atoms with Gasteiger partial charge in [0.05, 0.1) is 40.9 Å². The number of hydrogen-bond acceptors (Lipinski definition) is 9. The van der Waals surface area contributed by atoms with Gasteiger partial charge in [-0.05, 0) is 30.2 Å². The van der Waals surface area contributed by atoms with E-state index in [1.54, 1.807) is 12.1 Å². The van der Waals surface area contributed by atoms with Crippen molar-refractivity contribution in [1.82, 2.24) is 9.73 Å². The highest BCUT2D eigenvalue weighted by Crippen LogP contribution is 2.37. The van der Waals surface area contributed by atoms with E-state index in [0.717, 1.165) is 5.56 Å². The first kappa shape index (κ1) is 23.6. The third-order valence-corrected chi connectivity index (χ3v) is 7.20. The van der Waals surface area contributed by atoms with E-state index in [0.29, 0.717) is 38.5 Å². The van der Waals surface area contributed by atoms with Gasteiger partial charge < -0.3 is 14.2 Å².